The minimum atomic E-state index is -0.948. The van der Waals surface area contributed by atoms with E-state index >= 15 is 0 Å². The third-order valence-electron chi connectivity index (χ3n) is 3.96. The van der Waals surface area contributed by atoms with E-state index < -0.39 is 22.2 Å². The molecule has 10 heteroatoms. The lowest BCUT2D eigenvalue weighted by Crippen LogP contribution is -2.50. The number of aliphatic imine (C=N–C) groups is 2. The maximum atomic E-state index is 13.6. The number of benzene rings is 1. The Balaban J connectivity index is 1.43. The lowest BCUT2D eigenvalue weighted by molar-refractivity contribution is -0.803. The number of fused-ring (bicyclic) bond motifs is 1. The van der Waals surface area contributed by atoms with Crippen LogP contribution in [0.1, 0.15) is 16.1 Å². The summed E-state index contributed by atoms with van der Waals surface area (Å²) in [5.74, 6) is 10.4. The minimum absolute atomic E-state index is 0.0745. The second-order valence-electron chi connectivity index (χ2n) is 5.99. The van der Waals surface area contributed by atoms with Crippen molar-refractivity contribution in [1.29, 1.82) is 0 Å². The van der Waals surface area contributed by atoms with E-state index in [9.17, 15) is 13.6 Å². The van der Waals surface area contributed by atoms with Gasteiger partial charge in [-0.3, -0.25) is 4.79 Å². The van der Waals surface area contributed by atoms with Crippen LogP contribution in [-0.2, 0) is 0 Å². The molecule has 0 saturated heterocycles. The quantitative estimate of drug-likeness (QED) is 0.469. The normalized spacial score (nSPS) is 19.5. The predicted molar refractivity (Wildman–Crippen MR) is 100 cm³/mol. The molecule has 0 fully saturated rings. The fraction of sp³-hybridized carbons (Fsp3) is 0.0526. The number of amides is 1. The maximum absolute atomic E-state index is 13.6. The lowest BCUT2D eigenvalue weighted by atomic mass is 10.2. The van der Waals surface area contributed by atoms with Gasteiger partial charge in [-0.05, 0) is 40.0 Å². The average molecular weight is 395 g/mol. The molecule has 0 aliphatic carbocycles. The first kappa shape index (κ1) is 18.4. The van der Waals surface area contributed by atoms with Gasteiger partial charge in [0.05, 0.1) is 18.4 Å². The van der Waals surface area contributed by atoms with Crippen LogP contribution >= 0.6 is 0 Å². The number of nitrogens with zero attached hydrogens (tertiary/aromatic N) is 4. The first-order valence-corrected chi connectivity index (χ1v) is 8.34. The van der Waals surface area contributed by atoms with Crippen LogP contribution in [0.2, 0.25) is 0 Å². The summed E-state index contributed by atoms with van der Waals surface area (Å²) in [7, 11) is 0. The average Bonchev–Trinajstić information content (AvgIpc) is 3.31. The van der Waals surface area contributed by atoms with E-state index in [1.165, 1.54) is 18.7 Å². The van der Waals surface area contributed by atoms with E-state index in [1.807, 2.05) is 0 Å². The van der Waals surface area contributed by atoms with Gasteiger partial charge in [-0.15, -0.1) is 5.84 Å². The first-order valence-electron chi connectivity index (χ1n) is 8.34. The van der Waals surface area contributed by atoms with Crippen molar-refractivity contribution in [3.63, 3.8) is 0 Å². The van der Waals surface area contributed by atoms with Gasteiger partial charge in [0.1, 0.15) is 17.8 Å². The van der Waals surface area contributed by atoms with E-state index in [2.05, 4.69) is 32.2 Å². The van der Waals surface area contributed by atoms with E-state index in [4.69, 9.17) is 10.3 Å². The highest BCUT2D eigenvalue weighted by Crippen LogP contribution is 2.21. The first-order chi connectivity index (χ1) is 13.9. The van der Waals surface area contributed by atoms with Gasteiger partial charge in [0.15, 0.2) is 17.7 Å². The fourth-order valence-corrected chi connectivity index (χ4v) is 2.59. The number of nitrogens with two attached hydrogens (primary N) is 1. The maximum Gasteiger partial charge on any atom is 0.300 e. The molecule has 0 saturated carbocycles. The van der Waals surface area contributed by atoms with E-state index in [0.717, 1.165) is 12.1 Å². The van der Waals surface area contributed by atoms with Crippen molar-refractivity contribution in [2.75, 3.05) is 6.54 Å². The Hall–Kier alpha value is -3.94. The molecule has 1 aromatic carbocycles. The number of rotatable bonds is 3. The summed E-state index contributed by atoms with van der Waals surface area (Å²) in [6.07, 6.45) is 4.43. The van der Waals surface area contributed by atoms with Crippen molar-refractivity contribution in [2.45, 2.75) is 0 Å². The van der Waals surface area contributed by atoms with Crippen LogP contribution in [0.15, 0.2) is 68.0 Å². The number of allylic oxidation sites excluding steroid dienone is 1. The number of carbonyl (C=O) groups is 1. The van der Waals surface area contributed by atoms with E-state index in [-0.39, 0.29) is 12.1 Å². The highest BCUT2D eigenvalue weighted by Gasteiger charge is 2.39. The van der Waals surface area contributed by atoms with Crippen LogP contribution in [-0.4, -0.2) is 35.0 Å². The molecule has 3 heterocycles. The molecule has 2 aliphatic heterocycles. The van der Waals surface area contributed by atoms with Crippen molar-refractivity contribution in [3.05, 3.63) is 71.5 Å². The SMILES string of the molecule is N[N+]12C=C(C#CCNC(=O)c3ccc(F)cc3F)N=CC1=NC(c1ccco1)=N2. The van der Waals surface area contributed by atoms with Crippen molar-refractivity contribution < 1.29 is 22.7 Å². The van der Waals surface area contributed by atoms with Gasteiger partial charge < -0.3 is 9.73 Å². The Morgan fingerprint density at radius 1 is 1.31 bits per heavy atom. The molecule has 1 amide bonds. The van der Waals surface area contributed by atoms with Gasteiger partial charge in [-0.2, -0.15) is 4.99 Å². The molecule has 144 valence electrons. The number of carbonyl (C=O) groups excluding carboxylic acids is 1. The third kappa shape index (κ3) is 3.73. The predicted octanol–water partition coefficient (Wildman–Crippen LogP) is 1.68. The highest BCUT2D eigenvalue weighted by atomic mass is 19.1. The molecule has 8 nitrogen and oxygen atoms in total. The number of quaternary nitrogens is 1. The molecular weight excluding hydrogens is 382 g/mol. The molecule has 1 unspecified atom stereocenters. The van der Waals surface area contributed by atoms with Crippen LogP contribution < -0.4 is 11.2 Å². The monoisotopic (exact) mass is 395 g/mol. The Morgan fingerprint density at radius 3 is 2.93 bits per heavy atom. The van der Waals surface area contributed by atoms with Gasteiger partial charge in [0, 0.05) is 6.07 Å². The van der Waals surface area contributed by atoms with Gasteiger partial charge in [0.2, 0.25) is 0 Å². The summed E-state index contributed by atoms with van der Waals surface area (Å²) in [6.45, 7) is -0.0745. The lowest BCUT2D eigenvalue weighted by Gasteiger charge is -2.17. The zero-order chi connectivity index (χ0) is 20.4. The van der Waals surface area contributed by atoms with Gasteiger partial charge >= 0.3 is 0 Å². The van der Waals surface area contributed by atoms with Crippen molar-refractivity contribution in [3.8, 4) is 11.8 Å². The molecule has 2 aliphatic rings. The van der Waals surface area contributed by atoms with Crippen LogP contribution in [0.3, 0.4) is 0 Å². The van der Waals surface area contributed by atoms with Gasteiger partial charge in [0.25, 0.3) is 17.6 Å². The van der Waals surface area contributed by atoms with Crippen molar-refractivity contribution >= 4 is 23.8 Å². The zero-order valence-corrected chi connectivity index (χ0v) is 14.8. The number of hydrogen-bond donors (Lipinski definition) is 2. The number of amidine groups is 2. The molecule has 0 bridgehead atoms. The molecule has 1 atom stereocenters. The van der Waals surface area contributed by atoms with Crippen molar-refractivity contribution in [2.24, 2.45) is 20.9 Å². The summed E-state index contributed by atoms with van der Waals surface area (Å²) in [5, 5.41) is 6.73. The molecule has 29 heavy (non-hydrogen) atoms. The third-order valence-corrected chi connectivity index (χ3v) is 3.96. The molecule has 1 aromatic heterocycles. The van der Waals surface area contributed by atoms with Gasteiger partial charge in [-0.1, -0.05) is 5.92 Å². The van der Waals surface area contributed by atoms with Crippen molar-refractivity contribution in [1.82, 2.24) is 5.32 Å². The Bertz CT molecular complexity index is 1170. The van der Waals surface area contributed by atoms with Crippen LogP contribution in [0.25, 0.3) is 0 Å². The number of hydrogen-bond acceptors (Lipinski definition) is 6. The molecule has 0 spiro atoms. The van der Waals surface area contributed by atoms with Crippen LogP contribution in [0.5, 0.6) is 0 Å². The minimum Gasteiger partial charge on any atom is -0.461 e. The van der Waals surface area contributed by atoms with E-state index in [1.54, 1.807) is 12.1 Å². The van der Waals surface area contributed by atoms with Crippen LogP contribution in [0.4, 0.5) is 8.78 Å². The largest absolute Gasteiger partial charge is 0.461 e. The van der Waals surface area contributed by atoms with E-state index in [0.29, 0.717) is 29.2 Å². The summed E-state index contributed by atoms with van der Waals surface area (Å²) < 4.78 is 31.3. The molecule has 0 radical (unpaired) electrons. The standard InChI is InChI=1S/C19H12F2N6O2/c20-12-5-6-14(15(21)9-12)19(28)23-7-1-3-13-11-27(22)17(10-24-13)25-18(26-27)16-4-2-8-29-16/h2,4-6,8-11H,7,22H2/p+1. The highest BCUT2D eigenvalue weighted by molar-refractivity contribution is 6.31. The summed E-state index contributed by atoms with van der Waals surface area (Å²) >= 11 is 0. The Morgan fingerprint density at radius 2 is 2.17 bits per heavy atom. The second-order valence-corrected chi connectivity index (χ2v) is 5.99. The fourth-order valence-electron chi connectivity index (χ4n) is 2.59. The topological polar surface area (TPSA) is 105 Å². The number of halogens is 2. The molecule has 2 aromatic rings. The van der Waals surface area contributed by atoms with Crippen LogP contribution in [0, 0.1) is 23.5 Å². The smallest absolute Gasteiger partial charge is 0.300 e. The number of nitrogens with one attached hydrogen (secondary N) is 1. The summed E-state index contributed by atoms with van der Waals surface area (Å²) in [4.78, 5) is 20.4. The second kappa shape index (κ2) is 7.23. The Kier molecular flexibility index (Phi) is 4.59. The summed E-state index contributed by atoms with van der Waals surface area (Å²) in [6, 6.07) is 6.12. The van der Waals surface area contributed by atoms with Gasteiger partial charge in [-0.25, -0.2) is 13.8 Å². The molecule has 3 N–H and O–H groups in total. The Labute approximate surface area is 163 Å². The molecule has 4 rings (SSSR count). The number of furan rings is 1. The zero-order valence-electron chi connectivity index (χ0n) is 14.8. The molecular formula is C19H13F2N6O2+. The summed E-state index contributed by atoms with van der Waals surface area (Å²) in [5.41, 5.74) is 0.0467.